The summed E-state index contributed by atoms with van der Waals surface area (Å²) in [5.74, 6) is -2.23. The minimum absolute atomic E-state index is 0.0218. The van der Waals surface area contributed by atoms with E-state index in [9.17, 15) is 13.6 Å². The number of pyridine rings is 1. The van der Waals surface area contributed by atoms with Crippen molar-refractivity contribution in [3.63, 3.8) is 0 Å². The summed E-state index contributed by atoms with van der Waals surface area (Å²) in [4.78, 5) is 15.6. The van der Waals surface area contributed by atoms with Gasteiger partial charge in [0.15, 0.2) is 0 Å². The van der Waals surface area contributed by atoms with E-state index in [0.29, 0.717) is 6.07 Å². The third kappa shape index (κ3) is 3.39. The quantitative estimate of drug-likeness (QED) is 0.854. The molecule has 0 radical (unpaired) electrons. The molecule has 0 atom stereocenters. The van der Waals surface area contributed by atoms with Crippen LogP contribution in [-0.4, -0.2) is 10.9 Å². The summed E-state index contributed by atoms with van der Waals surface area (Å²) in [6.45, 7) is 0. The molecule has 0 spiro atoms. The van der Waals surface area contributed by atoms with E-state index >= 15 is 0 Å². The lowest BCUT2D eigenvalue weighted by atomic mass is 10.2. The Labute approximate surface area is 117 Å². The van der Waals surface area contributed by atoms with Gasteiger partial charge in [-0.05, 0) is 18.2 Å². The van der Waals surface area contributed by atoms with Crippen LogP contribution in [0.3, 0.4) is 0 Å². The number of anilines is 1. The molecular weight excluding hydrogens is 297 g/mol. The third-order valence-electron chi connectivity index (χ3n) is 2.19. The van der Waals surface area contributed by atoms with Gasteiger partial charge in [0, 0.05) is 18.0 Å². The summed E-state index contributed by atoms with van der Waals surface area (Å²) in [6, 6.07) is 3.93. The smallest absolute Gasteiger partial charge is 0.257 e. The van der Waals surface area contributed by atoms with Gasteiger partial charge in [-0.2, -0.15) is 0 Å². The highest BCUT2D eigenvalue weighted by atomic mass is 35.5. The molecule has 0 fully saturated rings. The van der Waals surface area contributed by atoms with E-state index in [-0.39, 0.29) is 21.4 Å². The Balaban J connectivity index is 2.28. The zero-order chi connectivity index (χ0) is 14.0. The number of carbonyl (C=O) groups excluding carboxylic acids is 1. The van der Waals surface area contributed by atoms with Crippen molar-refractivity contribution >= 4 is 34.8 Å². The SMILES string of the molecule is O=C(Nc1cc(F)cc(F)c1)c1cc(Cl)ncc1Cl. The Morgan fingerprint density at radius 2 is 1.74 bits per heavy atom. The van der Waals surface area contributed by atoms with Gasteiger partial charge in [0.2, 0.25) is 0 Å². The van der Waals surface area contributed by atoms with Gasteiger partial charge >= 0.3 is 0 Å². The molecule has 1 aromatic heterocycles. The minimum atomic E-state index is -0.797. The highest BCUT2D eigenvalue weighted by Gasteiger charge is 2.13. The van der Waals surface area contributed by atoms with Crippen LogP contribution in [0, 0.1) is 11.6 Å². The zero-order valence-electron chi connectivity index (χ0n) is 9.25. The van der Waals surface area contributed by atoms with E-state index in [1.807, 2.05) is 0 Å². The summed E-state index contributed by atoms with van der Waals surface area (Å²) >= 11 is 11.4. The Bertz CT molecular complexity index is 629. The van der Waals surface area contributed by atoms with Crippen molar-refractivity contribution in [1.82, 2.24) is 4.98 Å². The van der Waals surface area contributed by atoms with E-state index in [2.05, 4.69) is 10.3 Å². The molecule has 7 heteroatoms. The lowest BCUT2D eigenvalue weighted by molar-refractivity contribution is 0.102. The van der Waals surface area contributed by atoms with Gasteiger partial charge in [-0.3, -0.25) is 4.79 Å². The first-order valence-corrected chi connectivity index (χ1v) is 5.80. The number of rotatable bonds is 2. The fraction of sp³-hybridized carbons (Fsp3) is 0. The van der Waals surface area contributed by atoms with Gasteiger partial charge in [-0.15, -0.1) is 0 Å². The molecule has 0 aliphatic rings. The molecule has 19 heavy (non-hydrogen) atoms. The number of nitrogens with zero attached hydrogens (tertiary/aromatic N) is 1. The van der Waals surface area contributed by atoms with Crippen LogP contribution in [0.15, 0.2) is 30.5 Å². The van der Waals surface area contributed by atoms with Crippen molar-refractivity contribution in [1.29, 1.82) is 0 Å². The van der Waals surface area contributed by atoms with Gasteiger partial charge in [0.05, 0.1) is 10.6 Å². The van der Waals surface area contributed by atoms with Crippen molar-refractivity contribution in [2.24, 2.45) is 0 Å². The maximum atomic E-state index is 13.0. The summed E-state index contributed by atoms with van der Waals surface area (Å²) in [5.41, 5.74) is 0.0397. The topological polar surface area (TPSA) is 42.0 Å². The first-order chi connectivity index (χ1) is 8.95. The summed E-state index contributed by atoms with van der Waals surface area (Å²) in [6.07, 6.45) is 1.21. The second-order valence-corrected chi connectivity index (χ2v) is 4.39. The molecule has 0 aliphatic carbocycles. The molecule has 1 N–H and O–H groups in total. The van der Waals surface area contributed by atoms with Gasteiger partial charge in [0.1, 0.15) is 16.8 Å². The number of amides is 1. The van der Waals surface area contributed by atoms with Crippen molar-refractivity contribution in [2.45, 2.75) is 0 Å². The molecule has 3 nitrogen and oxygen atoms in total. The number of benzene rings is 1. The molecular formula is C12H6Cl2F2N2O. The van der Waals surface area contributed by atoms with Gasteiger partial charge in [0.25, 0.3) is 5.91 Å². The van der Waals surface area contributed by atoms with Crippen LogP contribution in [0.4, 0.5) is 14.5 Å². The maximum Gasteiger partial charge on any atom is 0.257 e. The second-order valence-electron chi connectivity index (χ2n) is 3.60. The predicted molar refractivity (Wildman–Crippen MR) is 68.6 cm³/mol. The molecule has 1 heterocycles. The van der Waals surface area contributed by atoms with E-state index < -0.39 is 17.5 Å². The molecule has 0 aliphatic heterocycles. The van der Waals surface area contributed by atoms with Crippen LogP contribution >= 0.6 is 23.2 Å². The molecule has 2 rings (SSSR count). The largest absolute Gasteiger partial charge is 0.322 e. The van der Waals surface area contributed by atoms with Crippen molar-refractivity contribution in [3.8, 4) is 0 Å². The molecule has 2 aromatic rings. The number of aromatic nitrogens is 1. The second kappa shape index (κ2) is 5.50. The van der Waals surface area contributed by atoms with E-state index in [4.69, 9.17) is 23.2 Å². The van der Waals surface area contributed by atoms with Crippen LogP contribution in [0.5, 0.6) is 0 Å². The first kappa shape index (κ1) is 13.7. The Morgan fingerprint density at radius 1 is 1.11 bits per heavy atom. The summed E-state index contributed by atoms with van der Waals surface area (Å²) in [5, 5.41) is 2.48. The molecule has 0 unspecified atom stereocenters. The molecule has 98 valence electrons. The molecule has 0 saturated carbocycles. The molecule has 0 saturated heterocycles. The predicted octanol–water partition coefficient (Wildman–Crippen LogP) is 3.92. The lowest BCUT2D eigenvalue weighted by Gasteiger charge is -2.07. The summed E-state index contributed by atoms with van der Waals surface area (Å²) < 4.78 is 26.0. The van der Waals surface area contributed by atoms with Crippen molar-refractivity contribution < 1.29 is 13.6 Å². The highest BCUT2D eigenvalue weighted by molar-refractivity contribution is 6.35. The van der Waals surface area contributed by atoms with Gasteiger partial charge in [-0.1, -0.05) is 23.2 Å². The maximum absolute atomic E-state index is 13.0. The van der Waals surface area contributed by atoms with Crippen LogP contribution in [-0.2, 0) is 0 Å². The fourth-order valence-corrected chi connectivity index (χ4v) is 1.76. The number of hydrogen-bond donors (Lipinski definition) is 1. The normalized spacial score (nSPS) is 10.3. The third-order valence-corrected chi connectivity index (χ3v) is 2.69. The number of halogens is 4. The Kier molecular flexibility index (Phi) is 3.97. The lowest BCUT2D eigenvalue weighted by Crippen LogP contribution is -2.13. The van der Waals surface area contributed by atoms with Gasteiger partial charge in [-0.25, -0.2) is 13.8 Å². The van der Waals surface area contributed by atoms with E-state index in [0.717, 1.165) is 12.1 Å². The van der Waals surface area contributed by atoms with Crippen molar-refractivity contribution in [3.05, 3.63) is 57.8 Å². The van der Waals surface area contributed by atoms with Gasteiger partial charge < -0.3 is 5.32 Å². The standard InChI is InChI=1S/C12H6Cl2F2N2O/c13-10-5-17-11(14)4-9(10)12(19)18-8-2-6(15)1-7(16)3-8/h1-5H,(H,18,19). The highest BCUT2D eigenvalue weighted by Crippen LogP contribution is 2.20. The zero-order valence-corrected chi connectivity index (χ0v) is 10.8. The van der Waals surface area contributed by atoms with Crippen LogP contribution < -0.4 is 5.32 Å². The van der Waals surface area contributed by atoms with Crippen LogP contribution in [0.1, 0.15) is 10.4 Å². The number of hydrogen-bond acceptors (Lipinski definition) is 2. The first-order valence-electron chi connectivity index (χ1n) is 5.04. The Morgan fingerprint density at radius 3 is 2.37 bits per heavy atom. The fourth-order valence-electron chi connectivity index (χ4n) is 1.41. The number of carbonyl (C=O) groups is 1. The van der Waals surface area contributed by atoms with Crippen LogP contribution in [0.25, 0.3) is 0 Å². The average molecular weight is 303 g/mol. The number of nitrogens with one attached hydrogen (secondary N) is 1. The minimum Gasteiger partial charge on any atom is -0.322 e. The average Bonchev–Trinajstić information content (AvgIpc) is 2.30. The Hall–Kier alpha value is -1.72. The monoisotopic (exact) mass is 302 g/mol. The molecule has 0 bridgehead atoms. The molecule has 1 aromatic carbocycles. The van der Waals surface area contributed by atoms with E-state index in [1.54, 1.807) is 0 Å². The van der Waals surface area contributed by atoms with E-state index in [1.165, 1.54) is 12.3 Å². The summed E-state index contributed by atoms with van der Waals surface area (Å²) in [7, 11) is 0. The van der Waals surface area contributed by atoms with Crippen LogP contribution in [0.2, 0.25) is 10.2 Å². The van der Waals surface area contributed by atoms with Crippen molar-refractivity contribution in [2.75, 3.05) is 5.32 Å². The molecule has 1 amide bonds.